The van der Waals surface area contributed by atoms with Gasteiger partial charge in [0.2, 0.25) is 5.91 Å². The van der Waals surface area contributed by atoms with Gasteiger partial charge in [-0.2, -0.15) is 0 Å². The molecule has 0 unspecified atom stereocenters. The standard InChI is InChI=1S/C18H18N2O3S/c1-13(15-6-4-7-16(11-15)20(22)23)24-12-18(21)19-10-9-14-5-2-3-8-17(14)19/h2-8,11,13H,9-10,12H2,1H3/t13-/m0/s1. The van der Waals surface area contributed by atoms with Crippen molar-refractivity contribution in [1.29, 1.82) is 0 Å². The molecule has 0 aliphatic carbocycles. The molecule has 0 N–H and O–H groups in total. The molecule has 0 bridgehead atoms. The van der Waals surface area contributed by atoms with Gasteiger partial charge in [-0.1, -0.05) is 30.3 Å². The molecular weight excluding hydrogens is 324 g/mol. The van der Waals surface area contributed by atoms with E-state index in [0.29, 0.717) is 5.75 Å². The molecule has 0 spiro atoms. The molecule has 0 radical (unpaired) electrons. The normalized spacial score (nSPS) is 14.3. The summed E-state index contributed by atoms with van der Waals surface area (Å²) in [5.41, 5.74) is 3.16. The third-order valence-corrected chi connectivity index (χ3v) is 5.38. The maximum absolute atomic E-state index is 12.5. The van der Waals surface area contributed by atoms with Gasteiger partial charge in [-0.25, -0.2) is 0 Å². The predicted octanol–water partition coefficient (Wildman–Crippen LogP) is 3.98. The van der Waals surface area contributed by atoms with Crippen LogP contribution >= 0.6 is 11.8 Å². The van der Waals surface area contributed by atoms with Crippen molar-refractivity contribution >= 4 is 29.0 Å². The minimum Gasteiger partial charge on any atom is -0.311 e. The van der Waals surface area contributed by atoms with Gasteiger partial charge in [-0.3, -0.25) is 14.9 Å². The summed E-state index contributed by atoms with van der Waals surface area (Å²) in [7, 11) is 0. The molecule has 0 fully saturated rings. The average molecular weight is 342 g/mol. The topological polar surface area (TPSA) is 63.5 Å². The van der Waals surface area contributed by atoms with E-state index < -0.39 is 4.92 Å². The second-order valence-electron chi connectivity index (χ2n) is 5.73. The number of carbonyl (C=O) groups is 1. The van der Waals surface area contributed by atoms with Crippen LogP contribution < -0.4 is 4.90 Å². The lowest BCUT2D eigenvalue weighted by atomic mass is 10.1. The zero-order valence-electron chi connectivity index (χ0n) is 13.3. The molecule has 1 aliphatic rings. The van der Waals surface area contributed by atoms with Crippen LogP contribution in [0.5, 0.6) is 0 Å². The zero-order valence-corrected chi connectivity index (χ0v) is 14.2. The van der Waals surface area contributed by atoms with E-state index in [1.54, 1.807) is 12.1 Å². The van der Waals surface area contributed by atoms with E-state index in [4.69, 9.17) is 0 Å². The highest BCUT2D eigenvalue weighted by atomic mass is 32.2. The highest BCUT2D eigenvalue weighted by Crippen LogP contribution is 2.32. The zero-order chi connectivity index (χ0) is 17.1. The summed E-state index contributed by atoms with van der Waals surface area (Å²) >= 11 is 1.51. The first-order chi connectivity index (χ1) is 11.6. The van der Waals surface area contributed by atoms with Gasteiger partial charge in [0.05, 0.1) is 10.7 Å². The van der Waals surface area contributed by atoms with Crippen LogP contribution in [0.15, 0.2) is 48.5 Å². The third kappa shape index (κ3) is 3.43. The van der Waals surface area contributed by atoms with Crippen molar-refractivity contribution in [1.82, 2.24) is 0 Å². The first-order valence-electron chi connectivity index (χ1n) is 7.80. The lowest BCUT2D eigenvalue weighted by molar-refractivity contribution is -0.384. The van der Waals surface area contributed by atoms with E-state index in [1.165, 1.54) is 23.4 Å². The van der Waals surface area contributed by atoms with Gasteiger partial charge in [0, 0.05) is 29.6 Å². The maximum Gasteiger partial charge on any atom is 0.269 e. The van der Waals surface area contributed by atoms with E-state index in [0.717, 1.165) is 24.2 Å². The van der Waals surface area contributed by atoms with E-state index in [-0.39, 0.29) is 16.8 Å². The van der Waals surface area contributed by atoms with Gasteiger partial charge < -0.3 is 4.90 Å². The Bertz CT molecular complexity index is 778. The van der Waals surface area contributed by atoms with Crippen molar-refractivity contribution in [2.24, 2.45) is 0 Å². The molecule has 1 atom stereocenters. The van der Waals surface area contributed by atoms with Gasteiger partial charge in [0.15, 0.2) is 0 Å². The molecule has 0 aromatic heterocycles. The number of nitro groups is 1. The summed E-state index contributed by atoms with van der Waals surface area (Å²) < 4.78 is 0. The van der Waals surface area contributed by atoms with Gasteiger partial charge in [0.1, 0.15) is 0 Å². The monoisotopic (exact) mass is 342 g/mol. The highest BCUT2D eigenvalue weighted by Gasteiger charge is 2.24. The summed E-state index contributed by atoms with van der Waals surface area (Å²) in [6, 6.07) is 14.6. The smallest absolute Gasteiger partial charge is 0.269 e. The molecule has 3 rings (SSSR count). The molecule has 0 saturated heterocycles. The fourth-order valence-corrected chi connectivity index (χ4v) is 3.75. The number of non-ortho nitro benzene ring substituents is 1. The minimum absolute atomic E-state index is 0.0201. The fraction of sp³-hybridized carbons (Fsp3) is 0.278. The van der Waals surface area contributed by atoms with Crippen LogP contribution in [0.3, 0.4) is 0 Å². The van der Waals surface area contributed by atoms with E-state index in [9.17, 15) is 14.9 Å². The summed E-state index contributed by atoms with van der Waals surface area (Å²) in [6.45, 7) is 2.69. The number of nitrogens with zero attached hydrogens (tertiary/aromatic N) is 2. The first-order valence-corrected chi connectivity index (χ1v) is 8.85. The van der Waals surface area contributed by atoms with Crippen LogP contribution in [0.4, 0.5) is 11.4 Å². The van der Waals surface area contributed by atoms with Gasteiger partial charge in [0.25, 0.3) is 5.69 Å². The molecule has 24 heavy (non-hydrogen) atoms. The number of carbonyl (C=O) groups excluding carboxylic acids is 1. The van der Waals surface area contributed by atoms with Crippen LogP contribution in [-0.4, -0.2) is 23.1 Å². The summed E-state index contributed by atoms with van der Waals surface area (Å²) in [4.78, 5) is 24.8. The molecule has 124 valence electrons. The molecule has 1 amide bonds. The Kier molecular flexibility index (Phi) is 4.85. The van der Waals surface area contributed by atoms with Crippen LogP contribution in [0.1, 0.15) is 23.3 Å². The minimum atomic E-state index is -0.396. The number of nitro benzene ring substituents is 1. The molecule has 6 heteroatoms. The van der Waals surface area contributed by atoms with Crippen LogP contribution in [0, 0.1) is 10.1 Å². The molecule has 1 heterocycles. The second kappa shape index (κ2) is 7.05. The quantitative estimate of drug-likeness (QED) is 0.609. The number of rotatable bonds is 5. The SMILES string of the molecule is C[C@H](SCC(=O)N1CCc2ccccc21)c1cccc([N+](=O)[O-])c1. The number of hydrogen-bond acceptors (Lipinski definition) is 4. The molecule has 0 saturated carbocycles. The van der Waals surface area contributed by atoms with Crippen molar-refractivity contribution in [2.75, 3.05) is 17.2 Å². The summed E-state index contributed by atoms with van der Waals surface area (Å²) in [6.07, 6.45) is 0.896. The molecule has 2 aromatic rings. The number of fused-ring (bicyclic) bond motifs is 1. The Hall–Kier alpha value is -2.34. The number of benzene rings is 2. The Labute approximate surface area is 144 Å². The molecule has 5 nitrogen and oxygen atoms in total. The largest absolute Gasteiger partial charge is 0.311 e. The van der Waals surface area contributed by atoms with Crippen molar-refractivity contribution in [2.45, 2.75) is 18.6 Å². The van der Waals surface area contributed by atoms with Crippen molar-refractivity contribution < 1.29 is 9.72 Å². The van der Waals surface area contributed by atoms with Gasteiger partial charge in [-0.15, -0.1) is 11.8 Å². The molecule has 1 aliphatic heterocycles. The summed E-state index contributed by atoms with van der Waals surface area (Å²) in [5, 5.41) is 10.9. The highest BCUT2D eigenvalue weighted by molar-refractivity contribution is 8.00. The average Bonchev–Trinajstić information content (AvgIpc) is 3.03. The van der Waals surface area contributed by atoms with Crippen molar-refractivity contribution in [3.63, 3.8) is 0 Å². The Balaban J connectivity index is 1.63. The van der Waals surface area contributed by atoms with Crippen LogP contribution in [0.25, 0.3) is 0 Å². The third-order valence-electron chi connectivity index (χ3n) is 4.20. The lowest BCUT2D eigenvalue weighted by Gasteiger charge is -2.18. The first kappa shape index (κ1) is 16.5. The Morgan fingerprint density at radius 3 is 2.88 bits per heavy atom. The number of amides is 1. The van der Waals surface area contributed by atoms with E-state index in [1.807, 2.05) is 36.1 Å². The predicted molar refractivity (Wildman–Crippen MR) is 96.5 cm³/mol. The molecular formula is C18H18N2O3S. The number of hydrogen-bond donors (Lipinski definition) is 0. The van der Waals surface area contributed by atoms with Crippen LogP contribution in [0.2, 0.25) is 0 Å². The van der Waals surface area contributed by atoms with Crippen molar-refractivity contribution in [3.05, 3.63) is 69.8 Å². The number of anilines is 1. The Morgan fingerprint density at radius 2 is 2.08 bits per heavy atom. The second-order valence-corrected chi connectivity index (χ2v) is 7.06. The maximum atomic E-state index is 12.5. The summed E-state index contributed by atoms with van der Waals surface area (Å²) in [5.74, 6) is 0.445. The Morgan fingerprint density at radius 1 is 1.29 bits per heavy atom. The van der Waals surface area contributed by atoms with Gasteiger partial charge >= 0.3 is 0 Å². The van der Waals surface area contributed by atoms with E-state index in [2.05, 4.69) is 6.07 Å². The van der Waals surface area contributed by atoms with Crippen LogP contribution in [-0.2, 0) is 11.2 Å². The fourth-order valence-electron chi connectivity index (χ4n) is 2.86. The van der Waals surface area contributed by atoms with Crippen molar-refractivity contribution in [3.8, 4) is 0 Å². The number of para-hydroxylation sites is 1. The molecule has 2 aromatic carbocycles. The lowest BCUT2D eigenvalue weighted by Crippen LogP contribution is -2.30. The van der Waals surface area contributed by atoms with E-state index >= 15 is 0 Å². The number of thioether (sulfide) groups is 1. The van der Waals surface area contributed by atoms with Gasteiger partial charge in [-0.05, 0) is 30.5 Å².